The Labute approximate surface area is 208 Å². The van der Waals surface area contributed by atoms with E-state index in [0.29, 0.717) is 18.5 Å². The number of sulfonamides is 1. The fourth-order valence-electron chi connectivity index (χ4n) is 3.75. The van der Waals surface area contributed by atoms with Gasteiger partial charge in [-0.3, -0.25) is 18.7 Å². The molecular weight excluding hydrogens is 466 g/mol. The van der Waals surface area contributed by atoms with E-state index in [-0.39, 0.29) is 23.9 Å². The molecule has 0 radical (unpaired) electrons. The van der Waals surface area contributed by atoms with Gasteiger partial charge in [0.25, 0.3) is 0 Å². The second kappa shape index (κ2) is 12.5. The first-order valence-corrected chi connectivity index (χ1v) is 13.5. The number of benzene rings is 2. The lowest BCUT2D eigenvalue weighted by molar-refractivity contribution is -0.140. The predicted octanol–water partition coefficient (Wildman–Crippen LogP) is 3.30. The van der Waals surface area contributed by atoms with Crippen molar-refractivity contribution in [2.45, 2.75) is 53.1 Å². The van der Waals surface area contributed by atoms with E-state index in [0.717, 1.165) is 28.1 Å². The summed E-state index contributed by atoms with van der Waals surface area (Å²) in [6, 6.07) is 13.0. The normalized spacial score (nSPS) is 12.0. The van der Waals surface area contributed by atoms with E-state index >= 15 is 0 Å². The molecule has 1 atom stereocenters. The van der Waals surface area contributed by atoms with Crippen LogP contribution in [0.2, 0.25) is 0 Å². The zero-order valence-electron chi connectivity index (χ0n) is 21.1. The number of hydrogen-bond donors (Lipinski definition) is 1. The average Bonchev–Trinajstić information content (AvgIpc) is 2.81. The molecule has 9 heteroatoms. The maximum absolute atomic E-state index is 13.7. The Hall–Kier alpha value is -3.20. The van der Waals surface area contributed by atoms with Crippen molar-refractivity contribution in [1.82, 2.24) is 10.2 Å². The van der Waals surface area contributed by atoms with Crippen LogP contribution in [0.25, 0.3) is 0 Å². The Balaban J connectivity index is 2.47. The molecule has 190 valence electrons. The van der Waals surface area contributed by atoms with E-state index in [2.05, 4.69) is 5.32 Å². The second-order valence-corrected chi connectivity index (χ2v) is 10.4. The molecule has 0 aliphatic carbocycles. The summed E-state index contributed by atoms with van der Waals surface area (Å²) in [4.78, 5) is 39.9. The van der Waals surface area contributed by atoms with Crippen molar-refractivity contribution in [3.05, 3.63) is 65.2 Å². The lowest BCUT2D eigenvalue weighted by Gasteiger charge is -2.33. The Kier molecular flexibility index (Phi) is 10.0. The number of carbonyl (C=O) groups excluding carboxylic acids is 3. The van der Waals surface area contributed by atoms with Gasteiger partial charge in [0.15, 0.2) is 5.78 Å². The first-order chi connectivity index (χ1) is 16.5. The van der Waals surface area contributed by atoms with Gasteiger partial charge in [-0.05, 0) is 49.9 Å². The van der Waals surface area contributed by atoms with Gasteiger partial charge in [-0.25, -0.2) is 8.42 Å². The molecule has 0 aromatic heterocycles. The first-order valence-electron chi connectivity index (χ1n) is 11.7. The summed E-state index contributed by atoms with van der Waals surface area (Å²) in [5, 5.41) is 2.85. The number of amides is 2. The van der Waals surface area contributed by atoms with E-state index < -0.39 is 28.5 Å². The fraction of sp³-hybridized carbons (Fsp3) is 0.423. The van der Waals surface area contributed by atoms with Crippen LogP contribution in [0.3, 0.4) is 0 Å². The first kappa shape index (κ1) is 28.0. The molecule has 0 aliphatic heterocycles. The summed E-state index contributed by atoms with van der Waals surface area (Å²) in [6.07, 6.45) is 2.13. The number of nitrogens with zero attached hydrogens (tertiary/aromatic N) is 2. The molecular formula is C26H35N3O5S. The predicted molar refractivity (Wildman–Crippen MR) is 138 cm³/mol. The van der Waals surface area contributed by atoms with Gasteiger partial charge in [-0.15, -0.1) is 0 Å². The molecule has 0 saturated carbocycles. The average molecular weight is 502 g/mol. The summed E-state index contributed by atoms with van der Waals surface area (Å²) >= 11 is 0. The van der Waals surface area contributed by atoms with Gasteiger partial charge < -0.3 is 10.2 Å². The van der Waals surface area contributed by atoms with Crippen LogP contribution in [0.5, 0.6) is 0 Å². The number of nitrogens with one attached hydrogen (secondary N) is 1. The molecule has 2 aromatic rings. The lowest BCUT2D eigenvalue weighted by Crippen LogP contribution is -2.52. The SMILES string of the molecule is CCCNC(=O)C(CC)N(Cc1ccccc1C)C(=O)CN(c1cccc(C(C)=O)c1)S(C)(=O)=O. The van der Waals surface area contributed by atoms with Gasteiger partial charge in [-0.2, -0.15) is 0 Å². The molecule has 35 heavy (non-hydrogen) atoms. The zero-order chi connectivity index (χ0) is 26.2. The monoisotopic (exact) mass is 501 g/mol. The minimum absolute atomic E-state index is 0.161. The van der Waals surface area contributed by atoms with Crippen LogP contribution in [-0.2, 0) is 26.2 Å². The van der Waals surface area contributed by atoms with Crippen molar-refractivity contribution < 1.29 is 22.8 Å². The van der Waals surface area contributed by atoms with Crippen LogP contribution in [0.4, 0.5) is 5.69 Å². The van der Waals surface area contributed by atoms with Crippen molar-refractivity contribution in [2.24, 2.45) is 0 Å². The fourth-order valence-corrected chi connectivity index (χ4v) is 4.59. The number of ketones is 1. The van der Waals surface area contributed by atoms with Crippen LogP contribution < -0.4 is 9.62 Å². The van der Waals surface area contributed by atoms with Crippen molar-refractivity contribution in [3.8, 4) is 0 Å². The van der Waals surface area contributed by atoms with E-state index in [1.807, 2.05) is 45.0 Å². The number of Topliss-reactive ketones (excluding diaryl/α,β-unsaturated/α-hetero) is 1. The Morgan fingerprint density at radius 1 is 1.03 bits per heavy atom. The Morgan fingerprint density at radius 3 is 2.29 bits per heavy atom. The Bertz CT molecular complexity index is 1160. The zero-order valence-corrected chi connectivity index (χ0v) is 21.9. The minimum Gasteiger partial charge on any atom is -0.354 e. The molecule has 0 saturated heterocycles. The van der Waals surface area contributed by atoms with Crippen LogP contribution in [0.1, 0.15) is 55.1 Å². The van der Waals surface area contributed by atoms with Gasteiger partial charge >= 0.3 is 0 Å². The van der Waals surface area contributed by atoms with Crippen LogP contribution >= 0.6 is 0 Å². The molecule has 2 amide bonds. The molecule has 8 nitrogen and oxygen atoms in total. The molecule has 2 aromatic carbocycles. The van der Waals surface area contributed by atoms with E-state index in [4.69, 9.17) is 0 Å². The maximum atomic E-state index is 13.7. The van der Waals surface area contributed by atoms with Gasteiger partial charge in [-0.1, -0.05) is 50.2 Å². The molecule has 0 aliphatic rings. The molecule has 2 rings (SSSR count). The lowest BCUT2D eigenvalue weighted by atomic mass is 10.1. The highest BCUT2D eigenvalue weighted by Gasteiger charge is 2.32. The van der Waals surface area contributed by atoms with Crippen molar-refractivity contribution in [2.75, 3.05) is 23.7 Å². The smallest absolute Gasteiger partial charge is 0.244 e. The van der Waals surface area contributed by atoms with Gasteiger partial charge in [0, 0.05) is 18.7 Å². The topological polar surface area (TPSA) is 104 Å². The maximum Gasteiger partial charge on any atom is 0.244 e. The standard InChI is InChI=1S/C26H35N3O5S/c1-6-15-27-26(32)24(7-2)28(17-22-12-9-8-11-19(22)3)25(31)18-29(35(5,33)34)23-14-10-13-21(16-23)20(4)30/h8-14,16,24H,6-7,15,17-18H2,1-5H3,(H,27,32). The van der Waals surface area contributed by atoms with Crippen molar-refractivity contribution in [1.29, 1.82) is 0 Å². The van der Waals surface area contributed by atoms with Gasteiger partial charge in [0.05, 0.1) is 11.9 Å². The third-order valence-electron chi connectivity index (χ3n) is 5.76. The number of anilines is 1. The van der Waals surface area contributed by atoms with Crippen LogP contribution in [0, 0.1) is 6.92 Å². The van der Waals surface area contributed by atoms with Crippen molar-refractivity contribution >= 4 is 33.3 Å². The number of hydrogen-bond acceptors (Lipinski definition) is 5. The second-order valence-electron chi connectivity index (χ2n) is 8.54. The minimum atomic E-state index is -3.86. The third-order valence-corrected chi connectivity index (χ3v) is 6.90. The largest absolute Gasteiger partial charge is 0.354 e. The highest BCUT2D eigenvalue weighted by molar-refractivity contribution is 7.92. The summed E-state index contributed by atoms with van der Waals surface area (Å²) in [6.45, 7) is 7.22. The van der Waals surface area contributed by atoms with Crippen molar-refractivity contribution in [3.63, 3.8) is 0 Å². The number of rotatable bonds is 12. The quantitative estimate of drug-likeness (QED) is 0.450. The molecule has 1 unspecified atom stereocenters. The molecule has 0 heterocycles. The van der Waals surface area contributed by atoms with E-state index in [1.165, 1.54) is 24.0 Å². The Morgan fingerprint density at radius 2 is 1.71 bits per heavy atom. The van der Waals surface area contributed by atoms with Gasteiger partial charge in [0.1, 0.15) is 12.6 Å². The molecule has 1 N–H and O–H groups in total. The van der Waals surface area contributed by atoms with Crippen LogP contribution in [0.15, 0.2) is 48.5 Å². The van der Waals surface area contributed by atoms with E-state index in [1.54, 1.807) is 12.1 Å². The molecule has 0 spiro atoms. The number of aryl methyl sites for hydroxylation is 1. The summed E-state index contributed by atoms with van der Waals surface area (Å²) in [5.41, 5.74) is 2.38. The third kappa shape index (κ3) is 7.65. The highest BCUT2D eigenvalue weighted by atomic mass is 32.2. The number of carbonyl (C=O) groups is 3. The summed E-state index contributed by atoms with van der Waals surface area (Å²) in [5.74, 6) is -1.00. The molecule has 0 fully saturated rings. The van der Waals surface area contributed by atoms with Gasteiger partial charge in [0.2, 0.25) is 21.8 Å². The molecule has 0 bridgehead atoms. The summed E-state index contributed by atoms with van der Waals surface area (Å²) in [7, 11) is -3.86. The summed E-state index contributed by atoms with van der Waals surface area (Å²) < 4.78 is 26.4. The van der Waals surface area contributed by atoms with Crippen LogP contribution in [-0.4, -0.2) is 56.3 Å². The van der Waals surface area contributed by atoms with E-state index in [9.17, 15) is 22.8 Å². The highest BCUT2D eigenvalue weighted by Crippen LogP contribution is 2.22.